The minimum absolute atomic E-state index is 0.229. The molecule has 0 N–H and O–H groups in total. The average molecular weight is 681 g/mol. The summed E-state index contributed by atoms with van der Waals surface area (Å²) in [4.78, 5) is 4.11. The lowest BCUT2D eigenvalue weighted by atomic mass is 9.88. The Balaban J connectivity index is 0.000000132. The summed E-state index contributed by atoms with van der Waals surface area (Å²) in [5.41, 5.74) is 12.3. The molecular weight excluding hydrogens is 625 g/mol. The maximum absolute atomic E-state index is 4.20. The second-order valence-corrected chi connectivity index (χ2v) is 16.1. The third kappa shape index (κ3) is 9.18. The van der Waals surface area contributed by atoms with Crippen molar-refractivity contribution >= 4 is 22.1 Å². The molecule has 0 aliphatic carbocycles. The van der Waals surface area contributed by atoms with E-state index in [0.29, 0.717) is 11.8 Å². The first kappa shape index (κ1) is 37.2. The van der Waals surface area contributed by atoms with Crippen LogP contribution >= 0.6 is 0 Å². The fourth-order valence-electron chi connectivity index (χ4n) is 6.11. The van der Waals surface area contributed by atoms with Crippen LogP contribution in [0.4, 0.5) is 0 Å². The Morgan fingerprint density at radius 2 is 1.22 bits per heavy atom. The molecule has 0 unspecified atom stereocenters. The van der Waals surface area contributed by atoms with Gasteiger partial charge in [-0.3, -0.25) is 4.98 Å². The molecule has 8 rings (SSSR count). The van der Waals surface area contributed by atoms with E-state index in [-0.39, 0.29) is 10.8 Å². The molecule has 8 aromatic rings. The summed E-state index contributed by atoms with van der Waals surface area (Å²) in [5, 5.41) is 4.20. The van der Waals surface area contributed by atoms with Crippen LogP contribution < -0.4 is 0 Å². The Labute approximate surface area is 304 Å². The van der Waals surface area contributed by atoms with Gasteiger partial charge in [0.05, 0.1) is 17.2 Å². The zero-order valence-electron chi connectivity index (χ0n) is 32.5. The Bertz CT molecular complexity index is 2230. The maximum Gasteiger partial charge on any atom is 0.0681 e. The van der Waals surface area contributed by atoms with E-state index < -0.39 is 0 Å². The summed E-state index contributed by atoms with van der Waals surface area (Å²) in [6.45, 7) is 24.4. The van der Waals surface area contributed by atoms with Crippen LogP contribution in [0, 0.1) is 6.92 Å². The predicted octanol–water partition coefficient (Wildman–Crippen LogP) is 11.7. The molecule has 0 fully saturated rings. The van der Waals surface area contributed by atoms with Crippen molar-refractivity contribution in [1.82, 2.24) is 27.8 Å². The van der Waals surface area contributed by atoms with Gasteiger partial charge in [-0.25, -0.2) is 4.52 Å². The molecule has 0 spiro atoms. The largest absolute Gasteiger partial charge is 0.324 e. The molecule has 0 aliphatic rings. The van der Waals surface area contributed by atoms with Crippen molar-refractivity contribution in [2.45, 2.75) is 98.8 Å². The number of aromatic nitrogens is 6. The maximum atomic E-state index is 4.20. The second-order valence-electron chi connectivity index (χ2n) is 16.1. The van der Waals surface area contributed by atoms with Crippen LogP contribution in [0.1, 0.15) is 109 Å². The van der Waals surface area contributed by atoms with Gasteiger partial charge in [-0.15, -0.1) is 0 Å². The first-order chi connectivity index (χ1) is 24.1. The third-order valence-electron chi connectivity index (χ3n) is 9.20. The van der Waals surface area contributed by atoms with Gasteiger partial charge in [0.2, 0.25) is 0 Å². The van der Waals surface area contributed by atoms with Crippen molar-refractivity contribution in [2.75, 3.05) is 0 Å². The Kier molecular flexibility index (Phi) is 11.2. The van der Waals surface area contributed by atoms with Crippen molar-refractivity contribution < 1.29 is 0 Å². The van der Waals surface area contributed by atoms with Gasteiger partial charge < -0.3 is 13.2 Å². The lowest BCUT2D eigenvalue weighted by Crippen LogP contribution is -2.11. The van der Waals surface area contributed by atoms with E-state index in [9.17, 15) is 0 Å². The number of aryl methyl sites for hydroxylation is 1. The normalized spacial score (nSPS) is 11.8. The topological polar surface area (TPSA) is 43.4 Å². The molecule has 0 aromatic carbocycles. The number of hydrogen-bond acceptors (Lipinski definition) is 2. The molecule has 8 aromatic heterocycles. The molecule has 0 amide bonds. The SMILES string of the molecule is CC(C)(C)c1ccn2cccc2c1.CC(C)c1ccn2ccncc12.CC(C)c1ccn2ncccc12.Cc1cc2ccc(C(C)(C)C)cn2c1. The minimum atomic E-state index is 0.229. The van der Waals surface area contributed by atoms with Crippen molar-refractivity contribution in [3.05, 3.63) is 157 Å². The Hall–Kier alpha value is -5.10. The highest BCUT2D eigenvalue weighted by Crippen LogP contribution is 2.25. The fourth-order valence-corrected chi connectivity index (χ4v) is 6.11. The molecule has 266 valence electrons. The van der Waals surface area contributed by atoms with Crippen LogP contribution in [0.15, 0.2) is 129 Å². The van der Waals surface area contributed by atoms with E-state index in [1.165, 1.54) is 49.9 Å². The summed E-state index contributed by atoms with van der Waals surface area (Å²) >= 11 is 0. The fraction of sp³-hybridized carbons (Fsp3) is 0.333. The van der Waals surface area contributed by atoms with Crippen LogP contribution in [0.5, 0.6) is 0 Å². The molecule has 6 nitrogen and oxygen atoms in total. The Morgan fingerprint density at radius 3 is 1.92 bits per heavy atom. The van der Waals surface area contributed by atoms with Gasteiger partial charge in [-0.2, -0.15) is 5.10 Å². The van der Waals surface area contributed by atoms with E-state index in [0.717, 1.165) is 0 Å². The summed E-state index contributed by atoms with van der Waals surface area (Å²) in [7, 11) is 0. The standard InChI is InChI=1S/C13H17N.C12H15N.2C10H12N2/c1-10-7-12-6-5-11(13(2,3)4)9-14(12)8-10;1-12(2,3)10-6-8-13-7-4-5-11(13)9-10;1-8(2)9-3-5-12-6-4-11-7-10(9)12;1-8(2)9-5-7-12-10(9)4-3-6-11-12/h5-9H,1-4H3;4-9H,1-3H3;2*3-8H,1-2H3. The molecule has 0 bridgehead atoms. The predicted molar refractivity (Wildman–Crippen MR) is 215 cm³/mol. The lowest BCUT2D eigenvalue weighted by molar-refractivity contribution is 0.586. The average Bonchev–Trinajstić information content (AvgIpc) is 3.88. The highest BCUT2D eigenvalue weighted by atomic mass is 15.2. The number of nitrogens with zero attached hydrogens (tertiary/aromatic N) is 6. The summed E-state index contributed by atoms with van der Waals surface area (Å²) < 4.78 is 8.35. The molecule has 6 heteroatoms. The number of fused-ring (bicyclic) bond motifs is 4. The van der Waals surface area contributed by atoms with Gasteiger partial charge >= 0.3 is 0 Å². The van der Waals surface area contributed by atoms with Gasteiger partial charge in [-0.1, -0.05) is 75.3 Å². The quantitative estimate of drug-likeness (QED) is 0.182. The number of hydrogen-bond donors (Lipinski definition) is 0. The zero-order chi connectivity index (χ0) is 36.9. The third-order valence-corrected chi connectivity index (χ3v) is 9.20. The zero-order valence-corrected chi connectivity index (χ0v) is 32.5. The van der Waals surface area contributed by atoms with Gasteiger partial charge in [0.25, 0.3) is 0 Å². The summed E-state index contributed by atoms with van der Waals surface area (Å²) in [6, 6.07) is 23.6. The highest BCUT2D eigenvalue weighted by molar-refractivity contribution is 5.56. The van der Waals surface area contributed by atoms with E-state index in [4.69, 9.17) is 0 Å². The van der Waals surface area contributed by atoms with Gasteiger partial charge in [-0.05, 0) is 118 Å². The van der Waals surface area contributed by atoms with Crippen molar-refractivity contribution in [1.29, 1.82) is 0 Å². The van der Waals surface area contributed by atoms with E-state index in [2.05, 4.69) is 191 Å². The van der Waals surface area contributed by atoms with Gasteiger partial charge in [0, 0.05) is 66.8 Å². The van der Waals surface area contributed by atoms with E-state index >= 15 is 0 Å². The second kappa shape index (κ2) is 15.4. The molecule has 8 heterocycles. The minimum Gasteiger partial charge on any atom is -0.324 e. The monoisotopic (exact) mass is 680 g/mol. The van der Waals surface area contributed by atoms with Crippen LogP contribution in [0.25, 0.3) is 22.1 Å². The van der Waals surface area contributed by atoms with Gasteiger partial charge in [0.15, 0.2) is 0 Å². The van der Waals surface area contributed by atoms with Crippen LogP contribution in [0.2, 0.25) is 0 Å². The first-order valence-corrected chi connectivity index (χ1v) is 18.1. The molecule has 0 atom stereocenters. The Morgan fingerprint density at radius 1 is 0.549 bits per heavy atom. The smallest absolute Gasteiger partial charge is 0.0681 e. The van der Waals surface area contributed by atoms with Crippen molar-refractivity contribution in [3.8, 4) is 0 Å². The van der Waals surface area contributed by atoms with Crippen molar-refractivity contribution in [2.24, 2.45) is 0 Å². The number of pyridine rings is 2. The molecule has 0 saturated heterocycles. The lowest BCUT2D eigenvalue weighted by Gasteiger charge is -2.18. The molecular formula is C45H56N6. The summed E-state index contributed by atoms with van der Waals surface area (Å²) in [6.07, 6.45) is 20.2. The number of rotatable bonds is 2. The first-order valence-electron chi connectivity index (χ1n) is 18.1. The van der Waals surface area contributed by atoms with Gasteiger partial charge in [0.1, 0.15) is 0 Å². The molecule has 0 saturated carbocycles. The van der Waals surface area contributed by atoms with Crippen LogP contribution in [-0.4, -0.2) is 27.8 Å². The summed E-state index contributed by atoms with van der Waals surface area (Å²) in [5.74, 6) is 1.14. The molecule has 51 heavy (non-hydrogen) atoms. The van der Waals surface area contributed by atoms with Crippen molar-refractivity contribution in [3.63, 3.8) is 0 Å². The van der Waals surface area contributed by atoms with Crippen LogP contribution in [0.3, 0.4) is 0 Å². The van der Waals surface area contributed by atoms with Crippen LogP contribution in [-0.2, 0) is 10.8 Å². The molecule has 0 aliphatic heterocycles. The highest BCUT2D eigenvalue weighted by Gasteiger charge is 2.14. The van der Waals surface area contributed by atoms with E-state index in [1.54, 1.807) is 12.4 Å². The molecule has 0 radical (unpaired) electrons. The van der Waals surface area contributed by atoms with E-state index in [1.807, 2.05) is 29.2 Å².